The standard InChI is InChI=1S/C9H13IN2O3/c1-14-8(15-2)5-12-4-6(10)3-7(12)9(11)13/h3-4,8H,5H2,1-2H3,(H2,11,13). The topological polar surface area (TPSA) is 66.5 Å². The van der Waals surface area contributed by atoms with Gasteiger partial charge in [0.2, 0.25) is 0 Å². The van der Waals surface area contributed by atoms with Gasteiger partial charge in [0.15, 0.2) is 6.29 Å². The van der Waals surface area contributed by atoms with E-state index in [-0.39, 0.29) is 6.29 Å². The van der Waals surface area contributed by atoms with Crippen LogP contribution in [0.5, 0.6) is 0 Å². The minimum atomic E-state index is -0.455. The van der Waals surface area contributed by atoms with Gasteiger partial charge in [0.1, 0.15) is 5.69 Å². The summed E-state index contributed by atoms with van der Waals surface area (Å²) in [6, 6.07) is 1.73. The molecule has 0 spiro atoms. The first-order valence-corrected chi connectivity index (χ1v) is 5.37. The van der Waals surface area contributed by atoms with Crippen molar-refractivity contribution in [1.82, 2.24) is 4.57 Å². The number of nitrogens with two attached hydrogens (primary N) is 1. The van der Waals surface area contributed by atoms with Crippen LogP contribution in [0.4, 0.5) is 0 Å². The van der Waals surface area contributed by atoms with Crippen molar-refractivity contribution in [1.29, 1.82) is 0 Å². The maximum atomic E-state index is 11.1. The lowest BCUT2D eigenvalue weighted by Crippen LogP contribution is -2.24. The van der Waals surface area contributed by atoms with Gasteiger partial charge in [-0.1, -0.05) is 0 Å². The molecule has 1 heterocycles. The number of halogens is 1. The zero-order valence-electron chi connectivity index (χ0n) is 8.57. The number of methoxy groups -OCH3 is 2. The van der Waals surface area contributed by atoms with Crippen LogP contribution in [0.2, 0.25) is 0 Å². The Hall–Kier alpha value is -0.600. The number of primary amides is 1. The molecule has 0 aliphatic rings. The number of aromatic nitrogens is 1. The molecule has 1 aromatic rings. The highest BCUT2D eigenvalue weighted by Gasteiger charge is 2.13. The summed E-state index contributed by atoms with van der Waals surface area (Å²) in [5.41, 5.74) is 5.70. The van der Waals surface area contributed by atoms with Crippen LogP contribution in [0.15, 0.2) is 12.3 Å². The molecule has 5 nitrogen and oxygen atoms in total. The Labute approximate surface area is 102 Å². The molecule has 15 heavy (non-hydrogen) atoms. The molecule has 0 aromatic carbocycles. The summed E-state index contributed by atoms with van der Waals surface area (Å²) in [6.07, 6.45) is 1.44. The highest BCUT2D eigenvalue weighted by atomic mass is 127. The van der Waals surface area contributed by atoms with E-state index in [0.29, 0.717) is 12.2 Å². The third-order valence-electron chi connectivity index (χ3n) is 1.99. The van der Waals surface area contributed by atoms with Gasteiger partial charge in [0, 0.05) is 24.0 Å². The molecule has 2 N–H and O–H groups in total. The summed E-state index contributed by atoms with van der Waals surface area (Å²) in [6.45, 7) is 0.439. The predicted molar refractivity (Wildman–Crippen MR) is 63.5 cm³/mol. The molecule has 0 aliphatic heterocycles. The van der Waals surface area contributed by atoms with Crippen molar-refractivity contribution in [2.24, 2.45) is 5.73 Å². The van der Waals surface area contributed by atoms with Gasteiger partial charge in [-0.3, -0.25) is 4.79 Å². The third-order valence-corrected chi connectivity index (χ3v) is 2.58. The summed E-state index contributed by atoms with van der Waals surface area (Å²) in [4.78, 5) is 11.1. The molecule has 0 radical (unpaired) electrons. The molecule has 6 heteroatoms. The lowest BCUT2D eigenvalue weighted by molar-refractivity contribution is -0.111. The van der Waals surface area contributed by atoms with Gasteiger partial charge in [-0.15, -0.1) is 0 Å². The first-order chi connectivity index (χ1) is 7.08. The number of carbonyl (C=O) groups is 1. The SMILES string of the molecule is COC(Cn1cc(I)cc1C(N)=O)OC. The Kier molecular flexibility index (Phi) is 4.55. The van der Waals surface area contributed by atoms with E-state index in [1.54, 1.807) is 24.9 Å². The van der Waals surface area contributed by atoms with E-state index in [2.05, 4.69) is 22.6 Å². The fourth-order valence-electron chi connectivity index (χ4n) is 1.24. The number of hydrogen-bond donors (Lipinski definition) is 1. The summed E-state index contributed by atoms with van der Waals surface area (Å²) < 4.78 is 12.8. The van der Waals surface area contributed by atoms with Crippen LogP contribution in [-0.2, 0) is 16.0 Å². The van der Waals surface area contributed by atoms with Crippen LogP contribution in [0, 0.1) is 3.57 Å². The highest BCUT2D eigenvalue weighted by molar-refractivity contribution is 14.1. The van der Waals surface area contributed by atoms with E-state index in [4.69, 9.17) is 15.2 Å². The molecule has 1 aromatic heterocycles. The van der Waals surface area contributed by atoms with Gasteiger partial charge < -0.3 is 19.8 Å². The fraction of sp³-hybridized carbons (Fsp3) is 0.444. The maximum Gasteiger partial charge on any atom is 0.265 e. The van der Waals surface area contributed by atoms with Crippen molar-refractivity contribution in [3.05, 3.63) is 21.5 Å². The van der Waals surface area contributed by atoms with Crippen LogP contribution >= 0.6 is 22.6 Å². The number of ether oxygens (including phenoxy) is 2. The average Bonchev–Trinajstić information content (AvgIpc) is 2.56. The second-order valence-corrected chi connectivity index (χ2v) is 4.21. The molecule has 1 amide bonds. The lowest BCUT2D eigenvalue weighted by atomic mass is 10.4. The Morgan fingerprint density at radius 1 is 1.60 bits per heavy atom. The van der Waals surface area contributed by atoms with Gasteiger partial charge in [0.25, 0.3) is 5.91 Å². The van der Waals surface area contributed by atoms with Gasteiger partial charge in [-0.2, -0.15) is 0 Å². The number of carbonyl (C=O) groups excluding carboxylic acids is 1. The summed E-state index contributed by atoms with van der Waals surface area (Å²) in [5, 5.41) is 0. The van der Waals surface area contributed by atoms with E-state index in [0.717, 1.165) is 3.57 Å². The third kappa shape index (κ3) is 3.18. The van der Waals surface area contributed by atoms with Crippen molar-refractivity contribution in [3.8, 4) is 0 Å². The van der Waals surface area contributed by atoms with Gasteiger partial charge >= 0.3 is 0 Å². The molecule has 0 fully saturated rings. The number of nitrogens with zero attached hydrogens (tertiary/aromatic N) is 1. The van der Waals surface area contributed by atoms with Crippen LogP contribution < -0.4 is 5.73 Å². The van der Waals surface area contributed by atoms with Crippen molar-refractivity contribution in [3.63, 3.8) is 0 Å². The average molecular weight is 324 g/mol. The van der Waals surface area contributed by atoms with Crippen molar-refractivity contribution >= 4 is 28.5 Å². The Bertz CT molecular complexity index is 347. The van der Waals surface area contributed by atoms with Crippen LogP contribution in [-0.4, -0.2) is 31.0 Å². The second kappa shape index (κ2) is 5.47. The minimum Gasteiger partial charge on any atom is -0.364 e. The predicted octanol–water partition coefficient (Wildman–Crippen LogP) is 0.811. The molecule has 0 saturated heterocycles. The zero-order valence-corrected chi connectivity index (χ0v) is 10.7. The molecule has 0 bridgehead atoms. The Balaban J connectivity index is 2.88. The smallest absolute Gasteiger partial charge is 0.265 e. The summed E-state index contributed by atoms with van der Waals surface area (Å²) >= 11 is 2.12. The van der Waals surface area contributed by atoms with Crippen LogP contribution in [0.3, 0.4) is 0 Å². The molecular formula is C9H13IN2O3. The number of amides is 1. The zero-order chi connectivity index (χ0) is 11.4. The first-order valence-electron chi connectivity index (χ1n) is 4.29. The fourth-order valence-corrected chi connectivity index (χ4v) is 1.87. The molecule has 0 aliphatic carbocycles. The van der Waals surface area contributed by atoms with E-state index < -0.39 is 5.91 Å². The normalized spacial score (nSPS) is 10.9. The molecule has 1 rings (SSSR count). The molecule has 84 valence electrons. The van der Waals surface area contributed by atoms with E-state index in [1.807, 2.05) is 6.20 Å². The molecule has 0 unspecified atom stereocenters. The van der Waals surface area contributed by atoms with Gasteiger partial charge in [-0.05, 0) is 28.7 Å². The van der Waals surface area contributed by atoms with Crippen molar-refractivity contribution in [2.75, 3.05) is 14.2 Å². The molecule has 0 saturated carbocycles. The van der Waals surface area contributed by atoms with Gasteiger partial charge in [-0.25, -0.2) is 0 Å². The van der Waals surface area contributed by atoms with E-state index >= 15 is 0 Å². The van der Waals surface area contributed by atoms with Crippen LogP contribution in [0.25, 0.3) is 0 Å². The van der Waals surface area contributed by atoms with Crippen molar-refractivity contribution in [2.45, 2.75) is 12.8 Å². The monoisotopic (exact) mass is 324 g/mol. The largest absolute Gasteiger partial charge is 0.364 e. The second-order valence-electron chi connectivity index (χ2n) is 2.96. The highest BCUT2D eigenvalue weighted by Crippen LogP contribution is 2.12. The number of rotatable bonds is 5. The maximum absolute atomic E-state index is 11.1. The number of hydrogen-bond acceptors (Lipinski definition) is 3. The first kappa shape index (κ1) is 12.5. The molecule has 0 atom stereocenters. The Morgan fingerprint density at radius 3 is 2.67 bits per heavy atom. The Morgan fingerprint density at radius 2 is 2.20 bits per heavy atom. The quantitative estimate of drug-likeness (QED) is 0.644. The van der Waals surface area contributed by atoms with Gasteiger partial charge in [0.05, 0.1) is 6.54 Å². The molecular weight excluding hydrogens is 311 g/mol. The van der Waals surface area contributed by atoms with Crippen molar-refractivity contribution < 1.29 is 14.3 Å². The lowest BCUT2D eigenvalue weighted by Gasteiger charge is -2.15. The van der Waals surface area contributed by atoms with E-state index in [9.17, 15) is 4.79 Å². The minimum absolute atomic E-state index is 0.383. The van der Waals surface area contributed by atoms with Crippen LogP contribution in [0.1, 0.15) is 10.5 Å². The summed E-state index contributed by atoms with van der Waals surface area (Å²) in [5.74, 6) is -0.455. The summed E-state index contributed by atoms with van der Waals surface area (Å²) in [7, 11) is 3.10. The van der Waals surface area contributed by atoms with E-state index in [1.165, 1.54) is 0 Å².